The summed E-state index contributed by atoms with van der Waals surface area (Å²) in [7, 11) is 0. The molecule has 1 aliphatic carbocycles. The van der Waals surface area contributed by atoms with Crippen LogP contribution in [0.5, 0.6) is 5.75 Å². The number of alkyl halides is 3. The molecule has 0 aromatic heterocycles. The summed E-state index contributed by atoms with van der Waals surface area (Å²) in [6.07, 6.45) is 1.01. The molecule has 2 aromatic carbocycles. The third kappa shape index (κ3) is 4.80. The van der Waals surface area contributed by atoms with Crippen molar-refractivity contribution < 1.29 is 17.9 Å². The third-order valence-corrected chi connectivity index (χ3v) is 6.17. The Bertz CT molecular complexity index is 790. The molecular weight excluding hydrogens is 363 g/mol. The normalized spacial score (nSPS) is 24.4. The van der Waals surface area contributed by atoms with Crippen molar-refractivity contribution >= 4 is 10.8 Å². The zero-order valence-corrected chi connectivity index (χ0v) is 16.2. The van der Waals surface area contributed by atoms with E-state index in [4.69, 9.17) is 4.74 Å². The minimum atomic E-state index is -4.07. The first kappa shape index (κ1) is 19.6. The van der Waals surface area contributed by atoms with E-state index >= 15 is 0 Å². The highest BCUT2D eigenvalue weighted by Gasteiger charge is 2.41. The Morgan fingerprint density at radius 3 is 2.25 bits per heavy atom. The molecule has 4 rings (SSSR count). The molecule has 1 saturated heterocycles. The van der Waals surface area contributed by atoms with Gasteiger partial charge in [0.15, 0.2) is 0 Å². The fraction of sp³-hybridized carbons (Fsp3) is 0.565. The predicted octanol–water partition coefficient (Wildman–Crippen LogP) is 6.33. The average Bonchev–Trinajstić information content (AvgIpc) is 2.69. The van der Waals surface area contributed by atoms with Crippen molar-refractivity contribution in [1.82, 2.24) is 4.90 Å². The van der Waals surface area contributed by atoms with Gasteiger partial charge in [-0.3, -0.25) is 4.90 Å². The van der Waals surface area contributed by atoms with E-state index in [0.717, 1.165) is 17.7 Å². The van der Waals surface area contributed by atoms with Crippen LogP contribution in [-0.2, 0) is 6.54 Å². The van der Waals surface area contributed by atoms with E-state index in [1.165, 1.54) is 43.3 Å². The first-order valence-corrected chi connectivity index (χ1v) is 10.5. The van der Waals surface area contributed by atoms with Crippen molar-refractivity contribution in [3.05, 3.63) is 42.0 Å². The highest BCUT2D eigenvalue weighted by Crippen LogP contribution is 2.38. The lowest BCUT2D eigenvalue weighted by Gasteiger charge is -2.30. The van der Waals surface area contributed by atoms with Gasteiger partial charge in [0.2, 0.25) is 0 Å². The smallest absolute Gasteiger partial charge is 0.391 e. The molecule has 0 amide bonds. The summed E-state index contributed by atoms with van der Waals surface area (Å²) in [6.45, 7) is 3.36. The van der Waals surface area contributed by atoms with Gasteiger partial charge in [-0.1, -0.05) is 24.6 Å². The summed E-state index contributed by atoms with van der Waals surface area (Å²) in [5.41, 5.74) is 1.33. The molecule has 1 saturated carbocycles. The summed E-state index contributed by atoms with van der Waals surface area (Å²) in [4.78, 5) is 2.51. The van der Waals surface area contributed by atoms with Crippen LogP contribution in [0.15, 0.2) is 36.4 Å². The summed E-state index contributed by atoms with van der Waals surface area (Å²) < 4.78 is 44.4. The van der Waals surface area contributed by atoms with Gasteiger partial charge in [-0.25, -0.2) is 0 Å². The van der Waals surface area contributed by atoms with Crippen molar-refractivity contribution in [2.45, 2.75) is 63.8 Å². The molecule has 0 N–H and O–H groups in total. The number of piperidine rings is 1. The lowest BCUT2D eigenvalue weighted by molar-refractivity contribution is -0.185. The molecule has 0 unspecified atom stereocenters. The van der Waals surface area contributed by atoms with Crippen LogP contribution in [0.1, 0.15) is 50.5 Å². The van der Waals surface area contributed by atoms with Gasteiger partial charge in [0.1, 0.15) is 5.75 Å². The first-order valence-electron chi connectivity index (χ1n) is 10.5. The van der Waals surface area contributed by atoms with Crippen LogP contribution in [0.25, 0.3) is 10.8 Å². The van der Waals surface area contributed by atoms with Crippen LogP contribution in [0.3, 0.4) is 0 Å². The average molecular weight is 391 g/mol. The lowest BCUT2D eigenvalue weighted by Crippen LogP contribution is -2.31. The molecule has 2 nitrogen and oxygen atoms in total. The molecule has 2 fully saturated rings. The number of rotatable bonds is 4. The van der Waals surface area contributed by atoms with Crippen molar-refractivity contribution in [3.8, 4) is 5.75 Å². The quantitative estimate of drug-likeness (QED) is 0.604. The van der Waals surface area contributed by atoms with Crippen LogP contribution in [0.2, 0.25) is 0 Å². The first-order chi connectivity index (χ1) is 13.5. The van der Waals surface area contributed by atoms with E-state index in [1.54, 1.807) is 0 Å². The van der Waals surface area contributed by atoms with Crippen molar-refractivity contribution in [1.29, 1.82) is 0 Å². The number of halogens is 3. The molecule has 0 bridgehead atoms. The maximum absolute atomic E-state index is 12.8. The van der Waals surface area contributed by atoms with E-state index in [9.17, 15) is 13.2 Å². The Morgan fingerprint density at radius 1 is 0.857 bits per heavy atom. The Hall–Kier alpha value is -1.75. The van der Waals surface area contributed by atoms with Gasteiger partial charge in [0, 0.05) is 6.54 Å². The van der Waals surface area contributed by atoms with Crippen molar-refractivity contribution in [2.75, 3.05) is 13.1 Å². The van der Waals surface area contributed by atoms with Crippen LogP contribution in [0, 0.1) is 5.92 Å². The van der Waals surface area contributed by atoms with Gasteiger partial charge >= 0.3 is 6.18 Å². The van der Waals surface area contributed by atoms with E-state index in [-0.39, 0.29) is 18.9 Å². The van der Waals surface area contributed by atoms with E-state index in [0.29, 0.717) is 12.8 Å². The fourth-order valence-corrected chi connectivity index (χ4v) is 4.52. The largest absolute Gasteiger partial charge is 0.490 e. The minimum absolute atomic E-state index is 0.116. The number of hydrogen-bond donors (Lipinski definition) is 0. The molecule has 5 heteroatoms. The van der Waals surface area contributed by atoms with Crippen molar-refractivity contribution in [3.63, 3.8) is 0 Å². The molecular formula is C23H28F3NO. The van der Waals surface area contributed by atoms with E-state index in [2.05, 4.69) is 29.2 Å². The highest BCUT2D eigenvalue weighted by molar-refractivity contribution is 5.84. The topological polar surface area (TPSA) is 12.5 Å². The Balaban J connectivity index is 1.37. The number of likely N-dealkylation sites (tertiary alicyclic amines) is 1. The van der Waals surface area contributed by atoms with Gasteiger partial charge in [0.25, 0.3) is 0 Å². The Kier molecular flexibility index (Phi) is 5.81. The number of hydrogen-bond acceptors (Lipinski definition) is 2. The van der Waals surface area contributed by atoms with Gasteiger partial charge in [-0.15, -0.1) is 0 Å². The lowest BCUT2D eigenvalue weighted by atomic mass is 9.87. The van der Waals surface area contributed by atoms with Gasteiger partial charge in [-0.05, 0) is 86.1 Å². The second-order valence-electron chi connectivity index (χ2n) is 8.31. The second kappa shape index (κ2) is 8.32. The standard InChI is InChI=1S/C23H28F3NO/c24-23(25,26)20-7-10-21(11-8-20)28-22-9-6-18-14-17(4-5-19(18)15-22)16-27-12-2-1-3-13-27/h4-6,9,14-15,20-21H,1-3,7-8,10-13,16H2. The number of fused-ring (bicyclic) bond motifs is 1. The van der Waals surface area contributed by atoms with E-state index < -0.39 is 12.1 Å². The molecule has 28 heavy (non-hydrogen) atoms. The summed E-state index contributed by atoms with van der Waals surface area (Å²) >= 11 is 0. The zero-order chi connectivity index (χ0) is 19.6. The summed E-state index contributed by atoms with van der Waals surface area (Å²) in [5, 5.41) is 2.30. The Morgan fingerprint density at radius 2 is 1.54 bits per heavy atom. The molecule has 0 spiro atoms. The molecule has 1 heterocycles. The number of ether oxygens (including phenoxy) is 1. The van der Waals surface area contributed by atoms with E-state index in [1.807, 2.05) is 12.1 Å². The van der Waals surface area contributed by atoms with Gasteiger partial charge < -0.3 is 4.74 Å². The third-order valence-electron chi connectivity index (χ3n) is 6.17. The molecule has 2 aliphatic rings. The zero-order valence-electron chi connectivity index (χ0n) is 16.2. The molecule has 2 aromatic rings. The molecule has 1 aliphatic heterocycles. The highest BCUT2D eigenvalue weighted by atomic mass is 19.4. The molecule has 0 radical (unpaired) electrons. The molecule has 152 valence electrons. The van der Waals surface area contributed by atoms with Crippen molar-refractivity contribution in [2.24, 2.45) is 5.92 Å². The minimum Gasteiger partial charge on any atom is -0.490 e. The predicted molar refractivity (Wildman–Crippen MR) is 106 cm³/mol. The van der Waals surface area contributed by atoms with Crippen LogP contribution in [-0.4, -0.2) is 30.3 Å². The SMILES string of the molecule is FC(F)(F)C1CCC(Oc2ccc3cc(CN4CCCCC4)ccc3c2)CC1. The summed E-state index contributed by atoms with van der Waals surface area (Å²) in [5.74, 6) is -0.408. The molecule has 0 atom stereocenters. The van der Waals surface area contributed by atoms with Gasteiger partial charge in [-0.2, -0.15) is 13.2 Å². The van der Waals surface area contributed by atoms with Crippen LogP contribution in [0.4, 0.5) is 13.2 Å². The maximum Gasteiger partial charge on any atom is 0.391 e. The van der Waals surface area contributed by atoms with Crippen LogP contribution < -0.4 is 4.74 Å². The monoisotopic (exact) mass is 391 g/mol. The Labute approximate surface area is 164 Å². The number of nitrogens with zero attached hydrogens (tertiary/aromatic N) is 1. The summed E-state index contributed by atoms with van der Waals surface area (Å²) in [6, 6.07) is 12.6. The number of benzene rings is 2. The fourth-order valence-electron chi connectivity index (χ4n) is 4.52. The van der Waals surface area contributed by atoms with Crippen LogP contribution >= 0.6 is 0 Å². The van der Waals surface area contributed by atoms with Gasteiger partial charge in [0.05, 0.1) is 12.0 Å². The maximum atomic E-state index is 12.8. The second-order valence-corrected chi connectivity index (χ2v) is 8.31.